The molecule has 0 amide bonds. The highest BCUT2D eigenvalue weighted by Crippen LogP contribution is 2.24. The molecule has 3 rings (SSSR count). The Labute approximate surface area is 123 Å². The van der Waals surface area contributed by atoms with Gasteiger partial charge in [-0.05, 0) is 70.1 Å². The van der Waals surface area contributed by atoms with Gasteiger partial charge in [0.25, 0.3) is 0 Å². The second-order valence-electron chi connectivity index (χ2n) is 6.67. The van der Waals surface area contributed by atoms with Gasteiger partial charge >= 0.3 is 0 Å². The van der Waals surface area contributed by atoms with Crippen molar-refractivity contribution in [2.75, 3.05) is 26.2 Å². The number of benzene rings is 1. The fourth-order valence-corrected chi connectivity index (χ4v) is 3.76. The number of piperidine rings is 1. The van der Waals surface area contributed by atoms with Gasteiger partial charge in [-0.2, -0.15) is 0 Å². The highest BCUT2D eigenvalue weighted by Gasteiger charge is 2.27. The van der Waals surface area contributed by atoms with Crippen molar-refractivity contribution in [3.8, 4) is 0 Å². The maximum Gasteiger partial charge on any atom is 0.0136 e. The van der Waals surface area contributed by atoms with Crippen LogP contribution in [0, 0.1) is 12.8 Å². The Balaban J connectivity index is 1.56. The predicted molar refractivity (Wildman–Crippen MR) is 85.1 cm³/mol. The first kappa shape index (κ1) is 14.1. The van der Waals surface area contributed by atoms with Crippen LogP contribution in [0.4, 0.5) is 0 Å². The topological polar surface area (TPSA) is 15.3 Å². The maximum absolute atomic E-state index is 3.48. The molecule has 0 spiro atoms. The molecule has 0 aromatic heterocycles. The number of likely N-dealkylation sites (tertiary alicyclic amines) is 1. The quantitative estimate of drug-likeness (QED) is 0.906. The zero-order valence-electron chi connectivity index (χ0n) is 12.8. The smallest absolute Gasteiger partial charge is 0.0136 e. The zero-order chi connectivity index (χ0) is 13.8. The molecule has 2 aliphatic rings. The van der Waals surface area contributed by atoms with Crippen molar-refractivity contribution in [1.29, 1.82) is 0 Å². The Morgan fingerprint density at radius 1 is 1.10 bits per heavy atom. The van der Waals surface area contributed by atoms with E-state index in [-0.39, 0.29) is 0 Å². The van der Waals surface area contributed by atoms with Crippen molar-refractivity contribution in [3.63, 3.8) is 0 Å². The van der Waals surface area contributed by atoms with Crippen LogP contribution in [0.1, 0.15) is 36.8 Å². The molecule has 1 N–H and O–H groups in total. The van der Waals surface area contributed by atoms with Crippen LogP contribution in [0.5, 0.6) is 0 Å². The molecule has 2 nitrogen and oxygen atoms in total. The van der Waals surface area contributed by atoms with E-state index in [9.17, 15) is 0 Å². The van der Waals surface area contributed by atoms with Gasteiger partial charge in [-0.15, -0.1) is 0 Å². The molecule has 2 aliphatic heterocycles. The van der Waals surface area contributed by atoms with E-state index in [1.54, 1.807) is 0 Å². The summed E-state index contributed by atoms with van der Waals surface area (Å²) in [7, 11) is 0. The second kappa shape index (κ2) is 6.73. The molecule has 2 fully saturated rings. The third kappa shape index (κ3) is 3.62. The molecule has 20 heavy (non-hydrogen) atoms. The predicted octanol–water partition coefficient (Wildman–Crippen LogP) is 3.00. The minimum atomic E-state index is 0.785. The summed E-state index contributed by atoms with van der Waals surface area (Å²) in [6.45, 7) is 7.27. The van der Waals surface area contributed by atoms with Crippen LogP contribution in [0.15, 0.2) is 24.3 Å². The lowest BCUT2D eigenvalue weighted by molar-refractivity contribution is 0.191. The van der Waals surface area contributed by atoms with Gasteiger partial charge in [0.15, 0.2) is 0 Å². The van der Waals surface area contributed by atoms with Crippen molar-refractivity contribution >= 4 is 0 Å². The van der Waals surface area contributed by atoms with E-state index in [0.29, 0.717) is 0 Å². The number of aryl methyl sites for hydroxylation is 1. The molecule has 2 heteroatoms. The first-order valence-electron chi connectivity index (χ1n) is 8.31. The molecule has 0 aliphatic carbocycles. The Morgan fingerprint density at radius 3 is 2.60 bits per heavy atom. The summed E-state index contributed by atoms with van der Waals surface area (Å²) in [5, 5.41) is 3.48. The van der Waals surface area contributed by atoms with Gasteiger partial charge in [-0.3, -0.25) is 4.90 Å². The summed E-state index contributed by atoms with van der Waals surface area (Å²) in [6.07, 6.45) is 6.76. The molecule has 1 aromatic rings. The van der Waals surface area contributed by atoms with E-state index >= 15 is 0 Å². The summed E-state index contributed by atoms with van der Waals surface area (Å²) in [6, 6.07) is 9.92. The van der Waals surface area contributed by atoms with E-state index in [2.05, 4.69) is 41.4 Å². The highest BCUT2D eigenvalue weighted by atomic mass is 15.2. The van der Waals surface area contributed by atoms with Crippen LogP contribution >= 0.6 is 0 Å². The van der Waals surface area contributed by atoms with Crippen LogP contribution in [0.2, 0.25) is 0 Å². The van der Waals surface area contributed by atoms with Gasteiger partial charge in [0.2, 0.25) is 0 Å². The maximum atomic E-state index is 3.48. The molecule has 0 bridgehead atoms. The van der Waals surface area contributed by atoms with Gasteiger partial charge in [0.1, 0.15) is 0 Å². The molecule has 1 atom stereocenters. The van der Waals surface area contributed by atoms with Crippen LogP contribution < -0.4 is 5.32 Å². The average molecular weight is 272 g/mol. The normalized spacial score (nSPS) is 25.1. The van der Waals surface area contributed by atoms with Gasteiger partial charge < -0.3 is 5.32 Å². The average Bonchev–Trinajstić information content (AvgIpc) is 2.90. The Bertz CT molecular complexity index is 406. The number of hydrogen-bond acceptors (Lipinski definition) is 2. The van der Waals surface area contributed by atoms with E-state index < -0.39 is 0 Å². The molecular formula is C18H28N2. The minimum absolute atomic E-state index is 0.785. The summed E-state index contributed by atoms with van der Waals surface area (Å²) < 4.78 is 0. The number of nitrogens with one attached hydrogen (secondary N) is 1. The largest absolute Gasteiger partial charge is 0.317 e. The first-order valence-corrected chi connectivity index (χ1v) is 8.31. The highest BCUT2D eigenvalue weighted by molar-refractivity contribution is 5.22. The third-order valence-electron chi connectivity index (χ3n) is 5.04. The molecular weight excluding hydrogens is 244 g/mol. The van der Waals surface area contributed by atoms with E-state index in [1.165, 1.54) is 69.4 Å². The van der Waals surface area contributed by atoms with Gasteiger partial charge in [0, 0.05) is 12.6 Å². The second-order valence-corrected chi connectivity index (χ2v) is 6.67. The monoisotopic (exact) mass is 272 g/mol. The van der Waals surface area contributed by atoms with Crippen LogP contribution in [0.25, 0.3) is 0 Å². The van der Waals surface area contributed by atoms with Crippen molar-refractivity contribution in [2.24, 2.45) is 5.92 Å². The fourth-order valence-electron chi connectivity index (χ4n) is 3.76. The lowest BCUT2D eigenvalue weighted by atomic mass is 9.96. The zero-order valence-corrected chi connectivity index (χ0v) is 12.8. The molecule has 110 valence electrons. The fraction of sp³-hybridized carbons (Fsp3) is 0.667. The Kier molecular flexibility index (Phi) is 4.74. The molecule has 0 saturated carbocycles. The molecule has 0 radical (unpaired) electrons. The third-order valence-corrected chi connectivity index (χ3v) is 5.04. The lowest BCUT2D eigenvalue weighted by Crippen LogP contribution is -2.39. The summed E-state index contributed by atoms with van der Waals surface area (Å²) >= 11 is 0. The molecule has 2 heterocycles. The molecule has 1 aromatic carbocycles. The van der Waals surface area contributed by atoms with E-state index in [4.69, 9.17) is 0 Å². The van der Waals surface area contributed by atoms with Crippen molar-refractivity contribution in [3.05, 3.63) is 35.4 Å². The SMILES string of the molecule is Cc1ccc(CC2CCCN2CC2CCNCC2)cc1. The summed E-state index contributed by atoms with van der Waals surface area (Å²) in [5.74, 6) is 0.926. The van der Waals surface area contributed by atoms with Gasteiger partial charge in [-0.1, -0.05) is 29.8 Å². The Morgan fingerprint density at radius 2 is 1.85 bits per heavy atom. The summed E-state index contributed by atoms with van der Waals surface area (Å²) in [5.41, 5.74) is 2.88. The van der Waals surface area contributed by atoms with Gasteiger partial charge in [-0.25, -0.2) is 0 Å². The van der Waals surface area contributed by atoms with Crippen molar-refractivity contribution < 1.29 is 0 Å². The standard InChI is InChI=1S/C18H28N2/c1-15-4-6-16(7-5-15)13-18-3-2-12-20(18)14-17-8-10-19-11-9-17/h4-7,17-19H,2-3,8-14H2,1H3. The minimum Gasteiger partial charge on any atom is -0.317 e. The van der Waals surface area contributed by atoms with Gasteiger partial charge in [0.05, 0.1) is 0 Å². The Hall–Kier alpha value is -0.860. The number of hydrogen-bond donors (Lipinski definition) is 1. The summed E-state index contributed by atoms with van der Waals surface area (Å²) in [4.78, 5) is 2.77. The lowest BCUT2D eigenvalue weighted by Gasteiger charge is -2.31. The van der Waals surface area contributed by atoms with E-state index in [1.807, 2.05) is 0 Å². The van der Waals surface area contributed by atoms with Crippen molar-refractivity contribution in [1.82, 2.24) is 10.2 Å². The molecule has 2 saturated heterocycles. The van der Waals surface area contributed by atoms with Crippen LogP contribution in [-0.2, 0) is 6.42 Å². The van der Waals surface area contributed by atoms with Crippen molar-refractivity contribution in [2.45, 2.75) is 45.1 Å². The van der Waals surface area contributed by atoms with Crippen LogP contribution in [0.3, 0.4) is 0 Å². The van der Waals surface area contributed by atoms with E-state index in [0.717, 1.165) is 12.0 Å². The number of rotatable bonds is 4. The number of nitrogens with zero attached hydrogens (tertiary/aromatic N) is 1. The first-order chi connectivity index (χ1) is 9.81. The van der Waals surface area contributed by atoms with Crippen LogP contribution in [-0.4, -0.2) is 37.1 Å². The molecule has 1 unspecified atom stereocenters.